The number of carbonyl (C=O) groups is 1. The number of rotatable bonds is 7. The Labute approximate surface area is 172 Å². The van der Waals surface area contributed by atoms with Gasteiger partial charge in [0.05, 0.1) is 7.11 Å². The van der Waals surface area contributed by atoms with Gasteiger partial charge in [0.2, 0.25) is 0 Å². The zero-order valence-electron chi connectivity index (χ0n) is 14.6. The highest BCUT2D eigenvalue weighted by atomic mass is 35.5. The topological polar surface area (TPSA) is 38.3 Å². The van der Waals surface area contributed by atoms with Crippen LogP contribution in [0.5, 0.6) is 0 Å². The fraction of sp³-hybridized carbons (Fsp3) is 0.0952. The number of amides is 1. The van der Waals surface area contributed by atoms with Crippen molar-refractivity contribution in [2.45, 2.75) is 15.5 Å². The van der Waals surface area contributed by atoms with Gasteiger partial charge in [-0.05, 0) is 60.2 Å². The van der Waals surface area contributed by atoms with Crippen LogP contribution in [0.1, 0.15) is 15.9 Å². The summed E-state index contributed by atoms with van der Waals surface area (Å²) < 4.78 is 5.01. The SMILES string of the molecule is COSc1ccc(NC(=O)c2cccc(SCc3ccc(Cl)cc3)c2)cc1. The fourth-order valence-corrected chi connectivity index (χ4v) is 3.84. The van der Waals surface area contributed by atoms with Crippen LogP contribution >= 0.6 is 35.4 Å². The van der Waals surface area contributed by atoms with E-state index in [-0.39, 0.29) is 5.91 Å². The minimum absolute atomic E-state index is 0.129. The molecule has 1 amide bonds. The number of nitrogens with one attached hydrogen (secondary N) is 1. The zero-order chi connectivity index (χ0) is 19.1. The van der Waals surface area contributed by atoms with Crippen molar-refractivity contribution in [3.8, 4) is 0 Å². The summed E-state index contributed by atoms with van der Waals surface area (Å²) in [6, 6.07) is 23.0. The van der Waals surface area contributed by atoms with Crippen LogP contribution in [0.4, 0.5) is 5.69 Å². The predicted molar refractivity (Wildman–Crippen MR) is 115 cm³/mol. The Balaban J connectivity index is 1.61. The highest BCUT2D eigenvalue weighted by Crippen LogP contribution is 2.25. The lowest BCUT2D eigenvalue weighted by molar-refractivity contribution is 0.102. The number of carbonyl (C=O) groups excluding carboxylic acids is 1. The van der Waals surface area contributed by atoms with Crippen LogP contribution in [-0.2, 0) is 9.94 Å². The van der Waals surface area contributed by atoms with E-state index in [1.165, 1.54) is 17.6 Å². The lowest BCUT2D eigenvalue weighted by Gasteiger charge is -2.08. The highest BCUT2D eigenvalue weighted by molar-refractivity contribution is 7.98. The van der Waals surface area contributed by atoms with Crippen LogP contribution in [0.15, 0.2) is 82.6 Å². The van der Waals surface area contributed by atoms with Gasteiger partial charge in [-0.15, -0.1) is 11.8 Å². The highest BCUT2D eigenvalue weighted by Gasteiger charge is 2.08. The standard InChI is InChI=1S/C21H18ClNO2S2/c1-25-27-19-11-9-18(10-12-19)23-21(24)16-3-2-4-20(13-16)26-14-15-5-7-17(22)8-6-15/h2-13H,14H2,1H3,(H,23,24). The summed E-state index contributed by atoms with van der Waals surface area (Å²) in [5.41, 5.74) is 2.57. The minimum atomic E-state index is -0.129. The van der Waals surface area contributed by atoms with E-state index in [4.69, 9.17) is 15.8 Å². The van der Waals surface area contributed by atoms with E-state index < -0.39 is 0 Å². The number of halogens is 1. The molecule has 0 spiro atoms. The number of benzene rings is 3. The number of hydrogen-bond acceptors (Lipinski definition) is 4. The Bertz CT molecular complexity index is 899. The van der Waals surface area contributed by atoms with Gasteiger partial charge < -0.3 is 9.50 Å². The first-order valence-electron chi connectivity index (χ1n) is 8.23. The molecule has 0 radical (unpaired) electrons. The van der Waals surface area contributed by atoms with Gasteiger partial charge in [0, 0.05) is 43.9 Å². The molecule has 0 aliphatic carbocycles. The second-order valence-corrected chi connectivity index (χ2v) is 8.13. The Hall–Kier alpha value is -1.92. The first-order valence-corrected chi connectivity index (χ1v) is 10.3. The van der Waals surface area contributed by atoms with Crippen LogP contribution in [0.25, 0.3) is 0 Å². The molecular weight excluding hydrogens is 398 g/mol. The van der Waals surface area contributed by atoms with Crippen molar-refractivity contribution in [3.05, 3.63) is 88.9 Å². The summed E-state index contributed by atoms with van der Waals surface area (Å²) in [5.74, 6) is 0.692. The van der Waals surface area contributed by atoms with Gasteiger partial charge in [0.25, 0.3) is 5.91 Å². The third-order valence-electron chi connectivity index (χ3n) is 3.71. The van der Waals surface area contributed by atoms with Crippen molar-refractivity contribution >= 4 is 47.0 Å². The summed E-state index contributed by atoms with van der Waals surface area (Å²) in [5, 5.41) is 3.65. The lowest BCUT2D eigenvalue weighted by Crippen LogP contribution is -2.11. The van der Waals surface area contributed by atoms with Crippen LogP contribution < -0.4 is 5.32 Å². The summed E-state index contributed by atoms with van der Waals surface area (Å²) >= 11 is 8.88. The van der Waals surface area contributed by atoms with Gasteiger partial charge in [-0.3, -0.25) is 4.79 Å². The van der Waals surface area contributed by atoms with Crippen molar-refractivity contribution in [1.29, 1.82) is 0 Å². The third-order valence-corrected chi connectivity index (χ3v) is 5.65. The smallest absolute Gasteiger partial charge is 0.255 e. The molecule has 0 atom stereocenters. The van der Waals surface area contributed by atoms with Crippen molar-refractivity contribution in [2.24, 2.45) is 0 Å². The molecule has 0 aromatic heterocycles. The van der Waals surface area contributed by atoms with E-state index in [0.29, 0.717) is 5.56 Å². The fourth-order valence-electron chi connectivity index (χ4n) is 2.37. The Morgan fingerprint density at radius 1 is 1.00 bits per heavy atom. The maximum atomic E-state index is 12.5. The molecule has 0 fully saturated rings. The molecule has 0 aliphatic heterocycles. The quantitative estimate of drug-likeness (QED) is 0.351. The van der Waals surface area contributed by atoms with Crippen LogP contribution in [0.2, 0.25) is 5.02 Å². The van der Waals surface area contributed by atoms with Gasteiger partial charge in [-0.1, -0.05) is 29.8 Å². The monoisotopic (exact) mass is 415 g/mol. The van der Waals surface area contributed by atoms with E-state index in [1.807, 2.05) is 72.8 Å². The maximum Gasteiger partial charge on any atom is 0.255 e. The summed E-state index contributed by atoms with van der Waals surface area (Å²) in [7, 11) is 1.62. The van der Waals surface area contributed by atoms with E-state index >= 15 is 0 Å². The van der Waals surface area contributed by atoms with Gasteiger partial charge >= 0.3 is 0 Å². The van der Waals surface area contributed by atoms with E-state index in [2.05, 4.69) is 5.32 Å². The van der Waals surface area contributed by atoms with E-state index in [9.17, 15) is 4.79 Å². The zero-order valence-corrected chi connectivity index (χ0v) is 17.0. The molecule has 3 aromatic rings. The van der Waals surface area contributed by atoms with Gasteiger partial charge in [-0.2, -0.15) is 0 Å². The normalized spacial score (nSPS) is 10.6. The molecular formula is C21H18ClNO2S2. The molecule has 0 saturated carbocycles. The second-order valence-electron chi connectivity index (χ2n) is 5.67. The maximum absolute atomic E-state index is 12.5. The van der Waals surface area contributed by atoms with Gasteiger partial charge in [0.15, 0.2) is 0 Å². The van der Waals surface area contributed by atoms with E-state index in [0.717, 1.165) is 26.3 Å². The van der Waals surface area contributed by atoms with Gasteiger partial charge in [-0.25, -0.2) is 0 Å². The number of thioether (sulfide) groups is 1. The first-order chi connectivity index (χ1) is 13.1. The van der Waals surface area contributed by atoms with Crippen LogP contribution in [-0.4, -0.2) is 13.0 Å². The molecule has 3 rings (SSSR count). The number of anilines is 1. The Morgan fingerprint density at radius 2 is 1.74 bits per heavy atom. The first kappa shape index (κ1) is 19.8. The minimum Gasteiger partial charge on any atom is -0.322 e. The summed E-state index contributed by atoms with van der Waals surface area (Å²) in [6.07, 6.45) is 0. The largest absolute Gasteiger partial charge is 0.322 e. The molecule has 138 valence electrons. The molecule has 6 heteroatoms. The molecule has 0 aliphatic rings. The molecule has 27 heavy (non-hydrogen) atoms. The average molecular weight is 416 g/mol. The molecule has 0 bridgehead atoms. The predicted octanol–water partition coefficient (Wildman–Crippen LogP) is 6.54. The summed E-state index contributed by atoms with van der Waals surface area (Å²) in [4.78, 5) is 14.6. The Kier molecular flexibility index (Phi) is 7.24. The molecule has 3 nitrogen and oxygen atoms in total. The molecule has 3 aromatic carbocycles. The second kappa shape index (κ2) is 9.85. The van der Waals surface area contributed by atoms with Crippen molar-refractivity contribution in [1.82, 2.24) is 0 Å². The van der Waals surface area contributed by atoms with E-state index in [1.54, 1.807) is 18.9 Å². The summed E-state index contributed by atoms with van der Waals surface area (Å²) in [6.45, 7) is 0. The van der Waals surface area contributed by atoms with Gasteiger partial charge in [0.1, 0.15) is 0 Å². The van der Waals surface area contributed by atoms with Crippen molar-refractivity contribution in [3.63, 3.8) is 0 Å². The van der Waals surface area contributed by atoms with Crippen molar-refractivity contribution < 1.29 is 8.98 Å². The van der Waals surface area contributed by atoms with Crippen LogP contribution in [0, 0.1) is 0 Å². The molecule has 0 saturated heterocycles. The molecule has 0 heterocycles. The Morgan fingerprint density at radius 3 is 2.44 bits per heavy atom. The average Bonchev–Trinajstić information content (AvgIpc) is 2.69. The van der Waals surface area contributed by atoms with Crippen LogP contribution in [0.3, 0.4) is 0 Å². The molecule has 1 N–H and O–H groups in total. The third kappa shape index (κ3) is 6.04. The number of hydrogen-bond donors (Lipinski definition) is 1. The molecule has 0 unspecified atom stereocenters. The lowest BCUT2D eigenvalue weighted by atomic mass is 10.2. The van der Waals surface area contributed by atoms with Crippen molar-refractivity contribution in [2.75, 3.05) is 12.4 Å².